The lowest BCUT2D eigenvalue weighted by molar-refractivity contribution is 0.0933. The van der Waals surface area contributed by atoms with Crippen LogP contribution in [-0.4, -0.2) is 25.7 Å². The number of nitrogens with zero attached hydrogens (tertiary/aromatic N) is 4. The molecule has 3 rings (SSSR count). The van der Waals surface area contributed by atoms with Gasteiger partial charge in [-0.05, 0) is 19.8 Å². The zero-order valence-electron chi connectivity index (χ0n) is 11.4. The zero-order chi connectivity index (χ0) is 13.9. The normalized spacial score (nSPS) is 16.2. The van der Waals surface area contributed by atoms with Crippen molar-refractivity contribution in [3.63, 3.8) is 0 Å². The molecule has 0 aromatic carbocycles. The first-order valence-corrected chi connectivity index (χ1v) is 7.81. The van der Waals surface area contributed by atoms with Crippen molar-refractivity contribution < 1.29 is 4.79 Å². The van der Waals surface area contributed by atoms with E-state index in [1.807, 2.05) is 6.92 Å². The number of thiazole rings is 1. The SMILES string of the molecule is CC(NC(=O)c1cscn1)c1nnc2n1CCCCC2. The van der Waals surface area contributed by atoms with Crippen LogP contribution in [0.3, 0.4) is 0 Å². The molecular formula is C13H17N5OS. The second-order valence-electron chi connectivity index (χ2n) is 5.01. The standard InChI is InChI=1S/C13H17N5OS/c1-9(15-13(19)10-7-20-8-14-10)12-17-16-11-5-3-2-4-6-18(11)12/h7-9H,2-6H2,1H3,(H,15,19). The summed E-state index contributed by atoms with van der Waals surface area (Å²) in [4.78, 5) is 16.0. The summed E-state index contributed by atoms with van der Waals surface area (Å²) < 4.78 is 2.15. The maximum absolute atomic E-state index is 12.0. The highest BCUT2D eigenvalue weighted by molar-refractivity contribution is 7.07. The smallest absolute Gasteiger partial charge is 0.271 e. The number of fused-ring (bicyclic) bond motifs is 1. The van der Waals surface area contributed by atoms with Gasteiger partial charge < -0.3 is 9.88 Å². The molecule has 1 N–H and O–H groups in total. The highest BCUT2D eigenvalue weighted by atomic mass is 32.1. The molecule has 2 aromatic rings. The number of nitrogens with one attached hydrogen (secondary N) is 1. The predicted molar refractivity (Wildman–Crippen MR) is 75.6 cm³/mol. The Kier molecular flexibility index (Phi) is 3.77. The van der Waals surface area contributed by atoms with Gasteiger partial charge in [0.1, 0.15) is 11.5 Å². The highest BCUT2D eigenvalue weighted by Gasteiger charge is 2.21. The average molecular weight is 291 g/mol. The minimum Gasteiger partial charge on any atom is -0.341 e. The van der Waals surface area contributed by atoms with Crippen molar-refractivity contribution in [2.75, 3.05) is 0 Å². The molecule has 0 aliphatic carbocycles. The topological polar surface area (TPSA) is 72.7 Å². The molecule has 1 aliphatic rings. The minimum atomic E-state index is -0.163. The monoisotopic (exact) mass is 291 g/mol. The van der Waals surface area contributed by atoms with Gasteiger partial charge in [0.05, 0.1) is 11.6 Å². The van der Waals surface area contributed by atoms with Gasteiger partial charge in [0, 0.05) is 18.3 Å². The van der Waals surface area contributed by atoms with Gasteiger partial charge in [-0.15, -0.1) is 21.5 Å². The Hall–Kier alpha value is -1.76. The van der Waals surface area contributed by atoms with Crippen LogP contribution in [0.15, 0.2) is 10.9 Å². The number of amides is 1. The number of hydrogen-bond acceptors (Lipinski definition) is 5. The molecule has 2 aromatic heterocycles. The van der Waals surface area contributed by atoms with Crippen LogP contribution in [0, 0.1) is 0 Å². The number of hydrogen-bond donors (Lipinski definition) is 1. The van der Waals surface area contributed by atoms with Crippen molar-refractivity contribution in [2.45, 2.75) is 45.2 Å². The van der Waals surface area contributed by atoms with Gasteiger partial charge in [-0.25, -0.2) is 4.98 Å². The molecule has 0 spiro atoms. The van der Waals surface area contributed by atoms with Crippen molar-refractivity contribution in [3.05, 3.63) is 28.2 Å². The van der Waals surface area contributed by atoms with E-state index >= 15 is 0 Å². The summed E-state index contributed by atoms with van der Waals surface area (Å²) in [6, 6.07) is -0.163. The zero-order valence-corrected chi connectivity index (χ0v) is 12.2. The number of carbonyl (C=O) groups is 1. The maximum Gasteiger partial charge on any atom is 0.271 e. The van der Waals surface area contributed by atoms with Gasteiger partial charge >= 0.3 is 0 Å². The van der Waals surface area contributed by atoms with Gasteiger partial charge in [-0.3, -0.25) is 4.79 Å². The molecular weight excluding hydrogens is 274 g/mol. The fraction of sp³-hybridized carbons (Fsp3) is 0.538. The summed E-state index contributed by atoms with van der Waals surface area (Å²) in [5.41, 5.74) is 2.11. The van der Waals surface area contributed by atoms with E-state index in [9.17, 15) is 4.79 Å². The molecule has 1 unspecified atom stereocenters. The van der Waals surface area contributed by atoms with Crippen LogP contribution < -0.4 is 5.32 Å². The van der Waals surface area contributed by atoms with Crippen LogP contribution in [0.1, 0.15) is 54.4 Å². The van der Waals surface area contributed by atoms with E-state index in [0.29, 0.717) is 5.69 Å². The largest absolute Gasteiger partial charge is 0.341 e. The van der Waals surface area contributed by atoms with Gasteiger partial charge in [-0.1, -0.05) is 6.42 Å². The summed E-state index contributed by atoms with van der Waals surface area (Å²) in [5, 5.41) is 13.2. The quantitative estimate of drug-likeness (QED) is 0.938. The number of carbonyl (C=O) groups excluding carboxylic acids is 1. The molecule has 20 heavy (non-hydrogen) atoms. The van der Waals surface area contributed by atoms with Crippen LogP contribution in [0.5, 0.6) is 0 Å². The molecule has 106 valence electrons. The Bertz CT molecular complexity index is 592. The van der Waals surface area contributed by atoms with Crippen LogP contribution in [0.4, 0.5) is 0 Å². The van der Waals surface area contributed by atoms with E-state index in [1.54, 1.807) is 10.9 Å². The Balaban J connectivity index is 1.76. The average Bonchev–Trinajstić information content (AvgIpc) is 3.04. The van der Waals surface area contributed by atoms with Gasteiger partial charge in [0.25, 0.3) is 5.91 Å². The van der Waals surface area contributed by atoms with Crippen LogP contribution in [0.25, 0.3) is 0 Å². The van der Waals surface area contributed by atoms with Crippen molar-refractivity contribution in [3.8, 4) is 0 Å². The highest BCUT2D eigenvalue weighted by Crippen LogP contribution is 2.18. The Morgan fingerprint density at radius 2 is 2.30 bits per heavy atom. The van der Waals surface area contributed by atoms with Crippen molar-refractivity contribution in [2.24, 2.45) is 0 Å². The first kappa shape index (κ1) is 13.2. The van der Waals surface area contributed by atoms with E-state index in [-0.39, 0.29) is 11.9 Å². The third-order valence-corrected chi connectivity index (χ3v) is 4.12. The molecule has 1 atom stereocenters. The lowest BCUT2D eigenvalue weighted by Gasteiger charge is -2.14. The lowest BCUT2D eigenvalue weighted by atomic mass is 10.2. The summed E-state index contributed by atoms with van der Waals surface area (Å²) in [7, 11) is 0. The second kappa shape index (κ2) is 5.70. The Morgan fingerprint density at radius 1 is 1.40 bits per heavy atom. The summed E-state index contributed by atoms with van der Waals surface area (Å²) in [5.74, 6) is 1.71. The van der Waals surface area contributed by atoms with Gasteiger partial charge in [0.2, 0.25) is 0 Å². The third kappa shape index (κ3) is 2.58. The molecule has 0 saturated heterocycles. The Morgan fingerprint density at radius 3 is 3.10 bits per heavy atom. The molecule has 3 heterocycles. The third-order valence-electron chi connectivity index (χ3n) is 3.54. The summed E-state index contributed by atoms with van der Waals surface area (Å²) in [6.07, 6.45) is 4.50. The van der Waals surface area contributed by atoms with Gasteiger partial charge in [-0.2, -0.15) is 0 Å². The van der Waals surface area contributed by atoms with Gasteiger partial charge in [0.15, 0.2) is 5.82 Å². The number of aryl methyl sites for hydroxylation is 1. The molecule has 0 bridgehead atoms. The van der Waals surface area contributed by atoms with Crippen molar-refractivity contribution >= 4 is 17.2 Å². The van der Waals surface area contributed by atoms with E-state index in [0.717, 1.165) is 37.5 Å². The first-order valence-electron chi connectivity index (χ1n) is 6.86. The molecule has 1 amide bonds. The van der Waals surface area contributed by atoms with Crippen molar-refractivity contribution in [1.82, 2.24) is 25.1 Å². The fourth-order valence-electron chi connectivity index (χ4n) is 2.49. The van der Waals surface area contributed by atoms with Crippen molar-refractivity contribution in [1.29, 1.82) is 0 Å². The second-order valence-corrected chi connectivity index (χ2v) is 5.72. The molecule has 0 radical (unpaired) electrons. The molecule has 6 nitrogen and oxygen atoms in total. The number of rotatable bonds is 3. The number of aromatic nitrogens is 4. The maximum atomic E-state index is 12.0. The van der Waals surface area contributed by atoms with E-state index < -0.39 is 0 Å². The summed E-state index contributed by atoms with van der Waals surface area (Å²) >= 11 is 1.41. The predicted octanol–water partition coefficient (Wildman–Crippen LogP) is 1.95. The van der Waals surface area contributed by atoms with E-state index in [4.69, 9.17) is 0 Å². The van der Waals surface area contributed by atoms with E-state index in [1.165, 1.54) is 17.8 Å². The molecule has 0 fully saturated rings. The summed E-state index contributed by atoms with van der Waals surface area (Å²) in [6.45, 7) is 2.88. The first-order chi connectivity index (χ1) is 9.75. The van der Waals surface area contributed by atoms with Crippen LogP contribution in [-0.2, 0) is 13.0 Å². The van der Waals surface area contributed by atoms with Crippen LogP contribution in [0.2, 0.25) is 0 Å². The Labute approximate surface area is 121 Å². The molecule has 0 saturated carbocycles. The minimum absolute atomic E-state index is 0.162. The fourth-order valence-corrected chi connectivity index (χ4v) is 3.02. The van der Waals surface area contributed by atoms with Crippen LogP contribution >= 0.6 is 11.3 Å². The molecule has 7 heteroatoms. The lowest BCUT2D eigenvalue weighted by Crippen LogP contribution is -2.29. The molecule has 1 aliphatic heterocycles. The van der Waals surface area contributed by atoms with E-state index in [2.05, 4.69) is 25.1 Å².